The summed E-state index contributed by atoms with van der Waals surface area (Å²) in [7, 11) is 0. The molecule has 0 heterocycles. The molecule has 1 atom stereocenters. The van der Waals surface area contributed by atoms with Crippen LogP contribution in [0.4, 0.5) is 5.69 Å². The number of nitrogens with two attached hydrogens (primary N) is 1. The molecule has 1 aromatic carbocycles. The number of benzene rings is 1. The van der Waals surface area contributed by atoms with Crippen molar-refractivity contribution in [1.29, 1.82) is 0 Å². The standard InChI is InChI=1S/C14H24N2/c1-4-11-16(6-3)14-10-8-7-9-12(14)13(15)5-2/h7-10,13H,4-6,11,15H2,1-3H3/t13-/m1/s1. The zero-order valence-corrected chi connectivity index (χ0v) is 10.7. The molecule has 2 nitrogen and oxygen atoms in total. The van der Waals surface area contributed by atoms with Crippen LogP contribution in [0.3, 0.4) is 0 Å². The Kier molecular flexibility index (Phi) is 5.33. The van der Waals surface area contributed by atoms with Gasteiger partial charge in [0, 0.05) is 24.8 Å². The molecular formula is C14H24N2. The maximum Gasteiger partial charge on any atom is 0.0414 e. The summed E-state index contributed by atoms with van der Waals surface area (Å²) in [6.07, 6.45) is 2.16. The monoisotopic (exact) mass is 220 g/mol. The van der Waals surface area contributed by atoms with Crippen LogP contribution in [0.25, 0.3) is 0 Å². The second-order valence-corrected chi connectivity index (χ2v) is 4.15. The van der Waals surface area contributed by atoms with Crippen LogP contribution < -0.4 is 10.6 Å². The summed E-state index contributed by atoms with van der Waals surface area (Å²) in [6, 6.07) is 8.67. The molecular weight excluding hydrogens is 196 g/mol. The summed E-state index contributed by atoms with van der Waals surface area (Å²) in [4.78, 5) is 2.41. The van der Waals surface area contributed by atoms with Crippen molar-refractivity contribution in [2.24, 2.45) is 5.73 Å². The van der Waals surface area contributed by atoms with Gasteiger partial charge in [-0.2, -0.15) is 0 Å². The molecule has 0 spiro atoms. The van der Waals surface area contributed by atoms with Gasteiger partial charge in [-0.15, -0.1) is 0 Å². The first-order valence-corrected chi connectivity index (χ1v) is 6.33. The Balaban J connectivity index is 3.00. The molecule has 2 heteroatoms. The Bertz CT molecular complexity index is 309. The van der Waals surface area contributed by atoms with E-state index in [2.05, 4.69) is 49.9 Å². The Morgan fingerprint density at radius 3 is 2.44 bits per heavy atom. The minimum atomic E-state index is 0.155. The fourth-order valence-corrected chi connectivity index (χ4v) is 2.03. The van der Waals surface area contributed by atoms with Gasteiger partial charge in [-0.05, 0) is 31.4 Å². The molecule has 0 saturated heterocycles. The van der Waals surface area contributed by atoms with Crippen molar-refractivity contribution in [3.05, 3.63) is 29.8 Å². The number of hydrogen-bond acceptors (Lipinski definition) is 2. The number of hydrogen-bond donors (Lipinski definition) is 1. The van der Waals surface area contributed by atoms with Crippen LogP contribution >= 0.6 is 0 Å². The van der Waals surface area contributed by atoms with Crippen LogP contribution in [0, 0.1) is 0 Å². The molecule has 0 aliphatic rings. The third-order valence-corrected chi connectivity index (χ3v) is 2.99. The molecule has 90 valence electrons. The molecule has 0 saturated carbocycles. The number of para-hydroxylation sites is 1. The third kappa shape index (κ3) is 2.99. The van der Waals surface area contributed by atoms with Crippen LogP contribution in [0.5, 0.6) is 0 Å². The van der Waals surface area contributed by atoms with Crippen LogP contribution in [0.15, 0.2) is 24.3 Å². The van der Waals surface area contributed by atoms with Gasteiger partial charge in [-0.3, -0.25) is 0 Å². The first-order chi connectivity index (χ1) is 7.74. The van der Waals surface area contributed by atoms with Gasteiger partial charge < -0.3 is 10.6 Å². The minimum absolute atomic E-state index is 0.155. The summed E-state index contributed by atoms with van der Waals surface area (Å²) in [5, 5.41) is 0. The topological polar surface area (TPSA) is 29.3 Å². The average molecular weight is 220 g/mol. The molecule has 0 amide bonds. The van der Waals surface area contributed by atoms with E-state index in [4.69, 9.17) is 5.73 Å². The van der Waals surface area contributed by atoms with E-state index in [1.165, 1.54) is 17.7 Å². The molecule has 0 aliphatic carbocycles. The van der Waals surface area contributed by atoms with Gasteiger partial charge in [0.2, 0.25) is 0 Å². The fourth-order valence-electron chi connectivity index (χ4n) is 2.03. The van der Waals surface area contributed by atoms with E-state index in [0.29, 0.717) is 0 Å². The molecule has 0 unspecified atom stereocenters. The maximum atomic E-state index is 6.16. The van der Waals surface area contributed by atoms with Gasteiger partial charge in [-0.25, -0.2) is 0 Å². The Hall–Kier alpha value is -1.02. The van der Waals surface area contributed by atoms with Gasteiger partial charge in [-0.1, -0.05) is 32.0 Å². The molecule has 0 aromatic heterocycles. The van der Waals surface area contributed by atoms with Gasteiger partial charge >= 0.3 is 0 Å². The quantitative estimate of drug-likeness (QED) is 0.796. The molecule has 0 fully saturated rings. The fraction of sp³-hybridized carbons (Fsp3) is 0.571. The van der Waals surface area contributed by atoms with E-state index in [0.717, 1.165) is 19.5 Å². The lowest BCUT2D eigenvalue weighted by Gasteiger charge is -2.27. The Morgan fingerprint density at radius 1 is 1.19 bits per heavy atom. The summed E-state index contributed by atoms with van der Waals surface area (Å²) >= 11 is 0. The lowest BCUT2D eigenvalue weighted by molar-refractivity contribution is 0.688. The van der Waals surface area contributed by atoms with Crippen molar-refractivity contribution in [2.45, 2.75) is 39.7 Å². The van der Waals surface area contributed by atoms with Crippen molar-refractivity contribution in [3.8, 4) is 0 Å². The predicted molar refractivity (Wildman–Crippen MR) is 71.8 cm³/mol. The van der Waals surface area contributed by atoms with Crippen molar-refractivity contribution in [1.82, 2.24) is 0 Å². The van der Waals surface area contributed by atoms with E-state index in [-0.39, 0.29) is 6.04 Å². The highest BCUT2D eigenvalue weighted by molar-refractivity contribution is 5.54. The zero-order chi connectivity index (χ0) is 12.0. The first-order valence-electron chi connectivity index (χ1n) is 6.33. The van der Waals surface area contributed by atoms with Crippen LogP contribution in [0.2, 0.25) is 0 Å². The zero-order valence-electron chi connectivity index (χ0n) is 10.7. The van der Waals surface area contributed by atoms with E-state index < -0.39 is 0 Å². The molecule has 0 radical (unpaired) electrons. The highest BCUT2D eigenvalue weighted by Crippen LogP contribution is 2.26. The average Bonchev–Trinajstić information content (AvgIpc) is 2.35. The second-order valence-electron chi connectivity index (χ2n) is 4.15. The first kappa shape index (κ1) is 13.0. The summed E-state index contributed by atoms with van der Waals surface area (Å²) < 4.78 is 0. The predicted octanol–water partition coefficient (Wildman–Crippen LogP) is 3.33. The lowest BCUT2D eigenvalue weighted by atomic mass is 10.0. The van der Waals surface area contributed by atoms with Crippen LogP contribution in [0.1, 0.15) is 45.2 Å². The van der Waals surface area contributed by atoms with Crippen molar-refractivity contribution in [3.63, 3.8) is 0 Å². The normalized spacial score (nSPS) is 12.5. The van der Waals surface area contributed by atoms with E-state index in [1.54, 1.807) is 0 Å². The van der Waals surface area contributed by atoms with Gasteiger partial charge in [0.05, 0.1) is 0 Å². The molecule has 1 aromatic rings. The van der Waals surface area contributed by atoms with Gasteiger partial charge in [0.1, 0.15) is 0 Å². The summed E-state index contributed by atoms with van der Waals surface area (Å²) in [5.41, 5.74) is 8.74. The minimum Gasteiger partial charge on any atom is -0.372 e. The van der Waals surface area contributed by atoms with E-state index in [1.807, 2.05) is 0 Å². The third-order valence-electron chi connectivity index (χ3n) is 2.99. The highest BCUT2D eigenvalue weighted by Gasteiger charge is 2.12. The van der Waals surface area contributed by atoms with Crippen molar-refractivity contribution in [2.75, 3.05) is 18.0 Å². The van der Waals surface area contributed by atoms with E-state index >= 15 is 0 Å². The van der Waals surface area contributed by atoms with E-state index in [9.17, 15) is 0 Å². The lowest BCUT2D eigenvalue weighted by Crippen LogP contribution is -2.26. The van der Waals surface area contributed by atoms with Crippen LogP contribution in [-0.2, 0) is 0 Å². The molecule has 2 N–H and O–H groups in total. The summed E-state index contributed by atoms with van der Waals surface area (Å²) in [5.74, 6) is 0. The smallest absolute Gasteiger partial charge is 0.0414 e. The Labute approximate surface area is 99.5 Å². The molecule has 16 heavy (non-hydrogen) atoms. The summed E-state index contributed by atoms with van der Waals surface area (Å²) in [6.45, 7) is 8.69. The maximum absolute atomic E-state index is 6.16. The molecule has 1 rings (SSSR count). The molecule has 0 aliphatic heterocycles. The number of anilines is 1. The Morgan fingerprint density at radius 2 is 1.88 bits per heavy atom. The largest absolute Gasteiger partial charge is 0.372 e. The second kappa shape index (κ2) is 6.54. The number of rotatable bonds is 6. The van der Waals surface area contributed by atoms with Crippen molar-refractivity contribution >= 4 is 5.69 Å². The van der Waals surface area contributed by atoms with Gasteiger partial charge in [0.15, 0.2) is 0 Å². The molecule has 0 bridgehead atoms. The van der Waals surface area contributed by atoms with Gasteiger partial charge in [0.25, 0.3) is 0 Å². The van der Waals surface area contributed by atoms with Crippen LogP contribution in [-0.4, -0.2) is 13.1 Å². The highest BCUT2D eigenvalue weighted by atomic mass is 15.1. The SMILES string of the molecule is CCCN(CC)c1ccccc1[C@H](N)CC. The number of nitrogens with zero attached hydrogens (tertiary/aromatic N) is 1. The van der Waals surface area contributed by atoms with Crippen molar-refractivity contribution < 1.29 is 0 Å².